The molecule has 0 bridgehead atoms. The predicted octanol–water partition coefficient (Wildman–Crippen LogP) is 2.21. The van der Waals surface area contributed by atoms with E-state index in [0.29, 0.717) is 18.4 Å². The van der Waals surface area contributed by atoms with Crippen LogP contribution in [0.1, 0.15) is 24.5 Å². The second-order valence-corrected chi connectivity index (χ2v) is 3.46. The lowest BCUT2D eigenvalue weighted by atomic mass is 9.96. The molecule has 0 aromatic heterocycles. The molecule has 1 atom stereocenters. The van der Waals surface area contributed by atoms with Crippen molar-refractivity contribution in [1.29, 1.82) is 5.26 Å². The van der Waals surface area contributed by atoms with Crippen molar-refractivity contribution in [3.05, 3.63) is 35.4 Å². The van der Waals surface area contributed by atoms with Crippen LogP contribution >= 0.6 is 0 Å². The molecule has 1 aromatic carbocycles. The fraction of sp³-hybridized carbons (Fsp3) is 0.333. The van der Waals surface area contributed by atoms with E-state index in [2.05, 4.69) is 0 Å². The molecule has 0 heterocycles. The number of nitriles is 1. The quantitative estimate of drug-likeness (QED) is 0.816. The third kappa shape index (κ3) is 3.10. The van der Waals surface area contributed by atoms with Crippen molar-refractivity contribution in [3.8, 4) is 6.07 Å². The molecular formula is C12H13NO2. The first-order valence-electron chi connectivity index (χ1n) is 4.89. The van der Waals surface area contributed by atoms with E-state index in [-0.39, 0.29) is 5.92 Å². The highest BCUT2D eigenvalue weighted by atomic mass is 16.4. The standard InChI is InChI=1S/C12H13NO2/c1-2-11(12(14)15)7-9-3-5-10(8-13)6-4-9/h3-6,11H,2,7H2,1H3,(H,14,15). The summed E-state index contributed by atoms with van der Waals surface area (Å²) in [5.41, 5.74) is 1.56. The Bertz CT molecular complexity index is 376. The molecule has 3 nitrogen and oxygen atoms in total. The number of aliphatic carboxylic acids is 1. The first kappa shape index (κ1) is 11.3. The van der Waals surface area contributed by atoms with E-state index in [0.717, 1.165) is 5.56 Å². The van der Waals surface area contributed by atoms with Crippen LogP contribution in [0.15, 0.2) is 24.3 Å². The van der Waals surface area contributed by atoms with Crippen LogP contribution in [0, 0.1) is 17.2 Å². The molecule has 1 rings (SSSR count). The zero-order chi connectivity index (χ0) is 11.3. The number of rotatable bonds is 4. The highest BCUT2D eigenvalue weighted by Crippen LogP contribution is 2.13. The number of carboxylic acid groups (broad SMARTS) is 1. The number of hydrogen-bond donors (Lipinski definition) is 1. The van der Waals surface area contributed by atoms with Crippen molar-refractivity contribution in [2.45, 2.75) is 19.8 Å². The number of benzene rings is 1. The van der Waals surface area contributed by atoms with E-state index in [1.54, 1.807) is 12.1 Å². The molecule has 0 aliphatic carbocycles. The number of carbonyl (C=O) groups is 1. The predicted molar refractivity (Wildman–Crippen MR) is 56.3 cm³/mol. The lowest BCUT2D eigenvalue weighted by molar-refractivity contribution is -0.141. The Balaban J connectivity index is 2.72. The van der Waals surface area contributed by atoms with E-state index in [1.807, 2.05) is 25.1 Å². The average molecular weight is 203 g/mol. The Morgan fingerprint density at radius 2 is 2.07 bits per heavy atom. The zero-order valence-corrected chi connectivity index (χ0v) is 8.60. The maximum atomic E-state index is 10.8. The van der Waals surface area contributed by atoms with Gasteiger partial charge in [0.2, 0.25) is 0 Å². The van der Waals surface area contributed by atoms with Crippen LogP contribution in [-0.2, 0) is 11.2 Å². The van der Waals surface area contributed by atoms with E-state index in [1.165, 1.54) is 0 Å². The third-order valence-electron chi connectivity index (χ3n) is 2.41. The molecule has 0 amide bonds. The second kappa shape index (κ2) is 5.16. The highest BCUT2D eigenvalue weighted by molar-refractivity contribution is 5.70. The normalized spacial score (nSPS) is 11.7. The lowest BCUT2D eigenvalue weighted by Crippen LogP contribution is -2.15. The molecule has 0 fully saturated rings. The molecule has 0 saturated carbocycles. The molecule has 0 spiro atoms. The summed E-state index contributed by atoms with van der Waals surface area (Å²) in [4.78, 5) is 10.8. The van der Waals surface area contributed by atoms with Crippen LogP contribution in [0.4, 0.5) is 0 Å². The Morgan fingerprint density at radius 3 is 2.47 bits per heavy atom. The summed E-state index contributed by atoms with van der Waals surface area (Å²) >= 11 is 0. The Hall–Kier alpha value is -1.82. The zero-order valence-electron chi connectivity index (χ0n) is 8.60. The molecule has 1 N–H and O–H groups in total. The van der Waals surface area contributed by atoms with Gasteiger partial charge in [-0.2, -0.15) is 5.26 Å². The van der Waals surface area contributed by atoms with Crippen molar-refractivity contribution in [3.63, 3.8) is 0 Å². The van der Waals surface area contributed by atoms with Crippen LogP contribution in [0.2, 0.25) is 0 Å². The molecule has 1 aromatic rings. The Morgan fingerprint density at radius 1 is 1.47 bits per heavy atom. The van der Waals surface area contributed by atoms with E-state index >= 15 is 0 Å². The first-order valence-corrected chi connectivity index (χ1v) is 4.89. The molecule has 0 aliphatic rings. The smallest absolute Gasteiger partial charge is 0.306 e. The highest BCUT2D eigenvalue weighted by Gasteiger charge is 2.15. The number of carboxylic acids is 1. The van der Waals surface area contributed by atoms with Crippen molar-refractivity contribution in [2.24, 2.45) is 5.92 Å². The van der Waals surface area contributed by atoms with Crippen LogP contribution in [0.25, 0.3) is 0 Å². The van der Waals surface area contributed by atoms with Crippen molar-refractivity contribution in [2.75, 3.05) is 0 Å². The molecule has 0 saturated heterocycles. The molecule has 15 heavy (non-hydrogen) atoms. The lowest BCUT2D eigenvalue weighted by Gasteiger charge is -2.09. The topological polar surface area (TPSA) is 61.1 Å². The van der Waals surface area contributed by atoms with Gasteiger partial charge in [0.05, 0.1) is 17.6 Å². The maximum Gasteiger partial charge on any atom is 0.306 e. The second-order valence-electron chi connectivity index (χ2n) is 3.46. The van der Waals surface area contributed by atoms with E-state index in [9.17, 15) is 4.79 Å². The van der Waals surface area contributed by atoms with Crippen molar-refractivity contribution in [1.82, 2.24) is 0 Å². The van der Waals surface area contributed by atoms with Crippen LogP contribution in [-0.4, -0.2) is 11.1 Å². The molecule has 1 unspecified atom stereocenters. The van der Waals surface area contributed by atoms with Gasteiger partial charge in [-0.1, -0.05) is 19.1 Å². The van der Waals surface area contributed by atoms with Gasteiger partial charge in [0.15, 0.2) is 0 Å². The molecule has 3 heteroatoms. The van der Waals surface area contributed by atoms with Gasteiger partial charge in [0.25, 0.3) is 0 Å². The summed E-state index contributed by atoms with van der Waals surface area (Å²) in [5.74, 6) is -1.10. The van der Waals surface area contributed by atoms with E-state index in [4.69, 9.17) is 10.4 Å². The summed E-state index contributed by atoms with van der Waals surface area (Å²) in [6.45, 7) is 1.86. The van der Waals surface area contributed by atoms with Gasteiger partial charge in [0.1, 0.15) is 0 Å². The van der Waals surface area contributed by atoms with Crippen LogP contribution in [0.5, 0.6) is 0 Å². The Kier molecular flexibility index (Phi) is 3.87. The number of hydrogen-bond acceptors (Lipinski definition) is 2. The van der Waals surface area contributed by atoms with Gasteiger partial charge >= 0.3 is 5.97 Å². The minimum Gasteiger partial charge on any atom is -0.481 e. The molecule has 78 valence electrons. The first-order chi connectivity index (χ1) is 7.17. The summed E-state index contributed by atoms with van der Waals surface area (Å²) in [6, 6.07) is 9.07. The molecule has 0 radical (unpaired) electrons. The third-order valence-corrected chi connectivity index (χ3v) is 2.41. The SMILES string of the molecule is CCC(Cc1ccc(C#N)cc1)C(=O)O. The van der Waals surface area contributed by atoms with E-state index < -0.39 is 5.97 Å². The van der Waals surface area contributed by atoms with Gasteiger partial charge in [-0.15, -0.1) is 0 Å². The van der Waals surface area contributed by atoms with Gasteiger partial charge in [-0.05, 0) is 30.5 Å². The number of nitrogens with zero attached hydrogens (tertiary/aromatic N) is 1. The summed E-state index contributed by atoms with van der Waals surface area (Å²) in [7, 11) is 0. The molecular weight excluding hydrogens is 190 g/mol. The van der Waals surface area contributed by atoms with Crippen LogP contribution < -0.4 is 0 Å². The molecule has 0 aliphatic heterocycles. The minimum atomic E-state index is -0.762. The maximum absolute atomic E-state index is 10.8. The monoisotopic (exact) mass is 203 g/mol. The average Bonchev–Trinajstić information content (AvgIpc) is 2.26. The van der Waals surface area contributed by atoms with Crippen molar-refractivity contribution < 1.29 is 9.90 Å². The largest absolute Gasteiger partial charge is 0.481 e. The van der Waals surface area contributed by atoms with Gasteiger partial charge in [-0.3, -0.25) is 4.79 Å². The summed E-state index contributed by atoms with van der Waals surface area (Å²) < 4.78 is 0. The minimum absolute atomic E-state index is 0.335. The van der Waals surface area contributed by atoms with Gasteiger partial charge in [-0.25, -0.2) is 0 Å². The fourth-order valence-corrected chi connectivity index (χ4v) is 1.41. The van der Waals surface area contributed by atoms with Crippen molar-refractivity contribution >= 4 is 5.97 Å². The van der Waals surface area contributed by atoms with Gasteiger partial charge < -0.3 is 5.11 Å². The van der Waals surface area contributed by atoms with Gasteiger partial charge in [0, 0.05) is 0 Å². The fourth-order valence-electron chi connectivity index (χ4n) is 1.41. The summed E-state index contributed by atoms with van der Waals surface area (Å²) in [6.07, 6.45) is 1.15. The Labute approximate surface area is 89.0 Å². The van der Waals surface area contributed by atoms with Crippen LogP contribution in [0.3, 0.4) is 0 Å². The summed E-state index contributed by atoms with van der Waals surface area (Å²) in [5, 5.41) is 17.5.